The fourth-order valence-corrected chi connectivity index (χ4v) is 1.84. The van der Waals surface area contributed by atoms with Gasteiger partial charge in [-0.15, -0.1) is 0 Å². The van der Waals surface area contributed by atoms with Gasteiger partial charge in [-0.05, 0) is 25.0 Å². The Morgan fingerprint density at radius 3 is 2.75 bits per heavy atom. The Hall–Kier alpha value is -1.55. The van der Waals surface area contributed by atoms with E-state index in [2.05, 4.69) is 5.32 Å². The van der Waals surface area contributed by atoms with E-state index in [1.165, 1.54) is 0 Å². The highest BCUT2D eigenvalue weighted by Gasteiger charge is 2.30. The number of para-hydroxylation sites is 1. The second-order valence-electron chi connectivity index (χ2n) is 4.09. The van der Waals surface area contributed by atoms with Crippen molar-refractivity contribution in [3.8, 4) is 0 Å². The van der Waals surface area contributed by atoms with Gasteiger partial charge in [0.2, 0.25) is 0 Å². The molecule has 1 aromatic carbocycles. The predicted molar refractivity (Wildman–Crippen MR) is 62.1 cm³/mol. The molecule has 3 N–H and O–H groups in total. The number of benzene rings is 1. The minimum absolute atomic E-state index is 0.0994. The van der Waals surface area contributed by atoms with Crippen molar-refractivity contribution in [3.05, 3.63) is 29.8 Å². The van der Waals surface area contributed by atoms with Gasteiger partial charge in [0.1, 0.15) is 0 Å². The van der Waals surface area contributed by atoms with Crippen molar-refractivity contribution in [1.29, 1.82) is 0 Å². The number of nitrogen functional groups attached to an aromatic ring is 1. The third-order valence-electron chi connectivity index (χ3n) is 2.97. The van der Waals surface area contributed by atoms with Crippen molar-refractivity contribution in [2.24, 2.45) is 0 Å². The predicted octanol–water partition coefficient (Wildman–Crippen LogP) is 1.18. The van der Waals surface area contributed by atoms with Gasteiger partial charge in [-0.3, -0.25) is 4.79 Å². The third-order valence-corrected chi connectivity index (χ3v) is 2.97. The van der Waals surface area contributed by atoms with Crippen LogP contribution >= 0.6 is 0 Å². The molecule has 86 valence electrons. The molecule has 1 aliphatic rings. The van der Waals surface area contributed by atoms with Gasteiger partial charge in [0.05, 0.1) is 11.7 Å². The van der Waals surface area contributed by atoms with Gasteiger partial charge in [-0.25, -0.2) is 0 Å². The molecule has 4 heteroatoms. The summed E-state index contributed by atoms with van der Waals surface area (Å²) in [7, 11) is 1.69. The highest BCUT2D eigenvalue weighted by molar-refractivity contribution is 5.99. The number of hydrogen-bond donors (Lipinski definition) is 2. The second-order valence-corrected chi connectivity index (χ2v) is 4.09. The van der Waals surface area contributed by atoms with Crippen LogP contribution < -0.4 is 11.1 Å². The molecule has 0 aromatic heterocycles. The molecule has 0 radical (unpaired) electrons. The van der Waals surface area contributed by atoms with Crippen molar-refractivity contribution in [2.75, 3.05) is 12.8 Å². The van der Waals surface area contributed by atoms with Gasteiger partial charge in [0, 0.05) is 18.8 Å². The minimum Gasteiger partial charge on any atom is -0.398 e. The zero-order valence-electron chi connectivity index (χ0n) is 9.27. The molecule has 2 rings (SSSR count). The zero-order valence-corrected chi connectivity index (χ0v) is 9.27. The van der Waals surface area contributed by atoms with Crippen LogP contribution in [0.4, 0.5) is 5.69 Å². The van der Waals surface area contributed by atoms with E-state index in [1.807, 2.05) is 12.1 Å². The summed E-state index contributed by atoms with van der Waals surface area (Å²) < 4.78 is 5.15. The number of ether oxygens (including phenoxy) is 1. The van der Waals surface area contributed by atoms with E-state index < -0.39 is 0 Å². The Labute approximate surface area is 94.8 Å². The molecular weight excluding hydrogens is 204 g/mol. The molecule has 4 nitrogen and oxygen atoms in total. The van der Waals surface area contributed by atoms with Crippen LogP contribution in [-0.4, -0.2) is 25.2 Å². The SMILES string of the molecule is COC1CC(NC(=O)c2ccccc2N)C1. The molecule has 1 amide bonds. The molecule has 0 heterocycles. The maximum atomic E-state index is 11.8. The summed E-state index contributed by atoms with van der Waals surface area (Å²) in [6.07, 6.45) is 2.06. The summed E-state index contributed by atoms with van der Waals surface area (Å²) in [5.41, 5.74) is 6.79. The lowest BCUT2D eigenvalue weighted by atomic mass is 9.89. The van der Waals surface area contributed by atoms with Gasteiger partial charge in [-0.2, -0.15) is 0 Å². The Kier molecular flexibility index (Phi) is 3.10. The second kappa shape index (κ2) is 4.53. The van der Waals surface area contributed by atoms with E-state index in [0.717, 1.165) is 12.8 Å². The number of anilines is 1. The smallest absolute Gasteiger partial charge is 0.253 e. The molecule has 1 fully saturated rings. The van der Waals surface area contributed by atoms with Crippen LogP contribution in [0.15, 0.2) is 24.3 Å². The van der Waals surface area contributed by atoms with Crippen LogP contribution in [0.5, 0.6) is 0 Å². The van der Waals surface area contributed by atoms with Gasteiger partial charge >= 0.3 is 0 Å². The van der Waals surface area contributed by atoms with Crippen molar-refractivity contribution in [1.82, 2.24) is 5.32 Å². The first-order chi connectivity index (χ1) is 7.70. The van der Waals surface area contributed by atoms with E-state index in [-0.39, 0.29) is 11.9 Å². The van der Waals surface area contributed by atoms with Gasteiger partial charge in [0.15, 0.2) is 0 Å². The highest BCUT2D eigenvalue weighted by Crippen LogP contribution is 2.23. The lowest BCUT2D eigenvalue weighted by Crippen LogP contribution is -2.47. The lowest BCUT2D eigenvalue weighted by molar-refractivity contribution is 0.0176. The summed E-state index contributed by atoms with van der Waals surface area (Å²) in [5.74, 6) is -0.0994. The van der Waals surface area contributed by atoms with Crippen molar-refractivity contribution < 1.29 is 9.53 Å². The van der Waals surface area contributed by atoms with E-state index in [1.54, 1.807) is 19.2 Å². The summed E-state index contributed by atoms with van der Waals surface area (Å²) in [6, 6.07) is 7.31. The monoisotopic (exact) mass is 220 g/mol. The number of amides is 1. The largest absolute Gasteiger partial charge is 0.398 e. The first kappa shape index (κ1) is 11.0. The summed E-state index contributed by atoms with van der Waals surface area (Å²) in [6.45, 7) is 0. The normalized spacial score (nSPS) is 23.6. The molecule has 0 unspecified atom stereocenters. The molecule has 0 atom stereocenters. The van der Waals surface area contributed by atoms with Crippen LogP contribution in [0, 0.1) is 0 Å². The summed E-state index contributed by atoms with van der Waals surface area (Å²) in [4.78, 5) is 11.8. The topological polar surface area (TPSA) is 64.3 Å². The molecule has 0 saturated heterocycles. The fourth-order valence-electron chi connectivity index (χ4n) is 1.84. The maximum Gasteiger partial charge on any atom is 0.253 e. The van der Waals surface area contributed by atoms with Gasteiger partial charge in [-0.1, -0.05) is 12.1 Å². The Bertz CT molecular complexity index is 386. The number of nitrogens with two attached hydrogens (primary N) is 1. The number of carbonyl (C=O) groups is 1. The van der Waals surface area contributed by atoms with Crippen molar-refractivity contribution in [2.45, 2.75) is 25.0 Å². The Balaban J connectivity index is 1.92. The Morgan fingerprint density at radius 1 is 1.44 bits per heavy atom. The number of nitrogens with one attached hydrogen (secondary N) is 1. The van der Waals surface area contributed by atoms with Crippen LogP contribution in [0.2, 0.25) is 0 Å². The highest BCUT2D eigenvalue weighted by atomic mass is 16.5. The lowest BCUT2D eigenvalue weighted by Gasteiger charge is -2.34. The molecule has 0 aliphatic heterocycles. The number of hydrogen-bond acceptors (Lipinski definition) is 3. The van der Waals surface area contributed by atoms with Crippen LogP contribution in [-0.2, 0) is 4.74 Å². The quantitative estimate of drug-likeness (QED) is 0.752. The van der Waals surface area contributed by atoms with Crippen LogP contribution in [0.25, 0.3) is 0 Å². The van der Waals surface area contributed by atoms with Crippen LogP contribution in [0.1, 0.15) is 23.2 Å². The minimum atomic E-state index is -0.0994. The molecular formula is C12H16N2O2. The molecule has 0 spiro atoms. The molecule has 1 saturated carbocycles. The average molecular weight is 220 g/mol. The van der Waals surface area contributed by atoms with E-state index in [4.69, 9.17) is 10.5 Å². The molecule has 1 aromatic rings. The number of carbonyl (C=O) groups excluding carboxylic acids is 1. The molecule has 16 heavy (non-hydrogen) atoms. The first-order valence-electron chi connectivity index (χ1n) is 5.39. The zero-order chi connectivity index (χ0) is 11.5. The third kappa shape index (κ3) is 2.17. The van der Waals surface area contributed by atoms with E-state index in [0.29, 0.717) is 17.4 Å². The molecule has 0 bridgehead atoms. The maximum absolute atomic E-state index is 11.8. The van der Waals surface area contributed by atoms with Crippen molar-refractivity contribution >= 4 is 11.6 Å². The fraction of sp³-hybridized carbons (Fsp3) is 0.417. The molecule has 1 aliphatic carbocycles. The first-order valence-corrected chi connectivity index (χ1v) is 5.39. The number of methoxy groups -OCH3 is 1. The Morgan fingerprint density at radius 2 is 2.12 bits per heavy atom. The van der Waals surface area contributed by atoms with Gasteiger partial charge in [0.25, 0.3) is 5.91 Å². The van der Waals surface area contributed by atoms with Gasteiger partial charge < -0.3 is 15.8 Å². The standard InChI is InChI=1S/C12H16N2O2/c1-16-9-6-8(7-9)14-12(15)10-4-2-3-5-11(10)13/h2-5,8-9H,6-7,13H2,1H3,(H,14,15). The van der Waals surface area contributed by atoms with Crippen molar-refractivity contribution in [3.63, 3.8) is 0 Å². The summed E-state index contributed by atoms with van der Waals surface area (Å²) >= 11 is 0. The number of rotatable bonds is 3. The average Bonchev–Trinajstić information content (AvgIpc) is 2.23. The van der Waals surface area contributed by atoms with E-state index >= 15 is 0 Å². The van der Waals surface area contributed by atoms with Crippen LogP contribution in [0.3, 0.4) is 0 Å². The summed E-state index contributed by atoms with van der Waals surface area (Å²) in [5, 5.41) is 2.94. The van der Waals surface area contributed by atoms with E-state index in [9.17, 15) is 4.79 Å².